The summed E-state index contributed by atoms with van der Waals surface area (Å²) in [6.45, 7) is 5.63. The predicted octanol–water partition coefficient (Wildman–Crippen LogP) is -0.316. The molecular weight excluding hydrogens is 234 g/mol. The van der Waals surface area contributed by atoms with Crippen molar-refractivity contribution < 1.29 is 14.4 Å². The molecule has 0 spiro atoms. The number of carbonyl (C=O) groups is 3. The number of hydrogen-bond donors (Lipinski definition) is 3. The van der Waals surface area contributed by atoms with Crippen LogP contribution in [0.25, 0.3) is 0 Å². The number of rotatable bonds is 5. The Morgan fingerprint density at radius 2 is 2.11 bits per heavy atom. The molecule has 0 radical (unpaired) electrons. The third-order valence-corrected chi connectivity index (χ3v) is 3.08. The van der Waals surface area contributed by atoms with Gasteiger partial charge in [0.2, 0.25) is 17.7 Å². The lowest BCUT2D eigenvalue weighted by Gasteiger charge is -2.25. The minimum absolute atomic E-state index is 0.114. The van der Waals surface area contributed by atoms with Crippen LogP contribution in [0.2, 0.25) is 0 Å². The molecule has 0 saturated carbocycles. The van der Waals surface area contributed by atoms with E-state index in [1.54, 1.807) is 6.92 Å². The molecule has 1 saturated heterocycles. The zero-order valence-corrected chi connectivity index (χ0v) is 11.1. The van der Waals surface area contributed by atoms with Crippen LogP contribution in [0.4, 0.5) is 0 Å². The maximum atomic E-state index is 11.8. The molecule has 1 fully saturated rings. The molecule has 0 aromatic rings. The fraction of sp³-hybridized carbons (Fsp3) is 0.750. The Labute approximate surface area is 107 Å². The van der Waals surface area contributed by atoms with E-state index >= 15 is 0 Å². The van der Waals surface area contributed by atoms with Gasteiger partial charge in [-0.2, -0.15) is 0 Å². The van der Waals surface area contributed by atoms with Gasteiger partial charge in [0.25, 0.3) is 0 Å². The molecule has 6 nitrogen and oxygen atoms in total. The minimum atomic E-state index is -0.472. The van der Waals surface area contributed by atoms with Gasteiger partial charge < -0.3 is 5.32 Å². The summed E-state index contributed by atoms with van der Waals surface area (Å²) < 4.78 is 0. The Bertz CT molecular complexity index is 343. The monoisotopic (exact) mass is 255 g/mol. The van der Waals surface area contributed by atoms with Gasteiger partial charge in [0.05, 0.1) is 12.1 Å². The summed E-state index contributed by atoms with van der Waals surface area (Å²) in [5, 5.41) is 8.04. The first-order chi connectivity index (χ1) is 8.43. The van der Waals surface area contributed by atoms with Crippen LogP contribution in [0.5, 0.6) is 0 Å². The van der Waals surface area contributed by atoms with Crippen LogP contribution in [0, 0.1) is 0 Å². The topological polar surface area (TPSA) is 87.3 Å². The molecule has 3 amide bonds. The van der Waals surface area contributed by atoms with Crippen molar-refractivity contribution in [1.29, 1.82) is 0 Å². The van der Waals surface area contributed by atoms with Crippen LogP contribution in [-0.4, -0.2) is 35.8 Å². The Kier molecular flexibility index (Phi) is 5.27. The number of nitrogens with one attached hydrogen (secondary N) is 3. The molecule has 1 aliphatic heterocycles. The van der Waals surface area contributed by atoms with Gasteiger partial charge in [0.15, 0.2) is 0 Å². The first-order valence-corrected chi connectivity index (χ1v) is 6.34. The first kappa shape index (κ1) is 14.6. The van der Waals surface area contributed by atoms with E-state index in [1.165, 1.54) is 0 Å². The van der Waals surface area contributed by atoms with E-state index in [-0.39, 0.29) is 23.8 Å². The summed E-state index contributed by atoms with van der Waals surface area (Å²) >= 11 is 0. The average Bonchev–Trinajstić information content (AvgIpc) is 2.32. The quantitative estimate of drug-likeness (QED) is 0.588. The summed E-state index contributed by atoms with van der Waals surface area (Å²) in [6, 6.07) is -0.813. The highest BCUT2D eigenvalue weighted by atomic mass is 16.2. The van der Waals surface area contributed by atoms with E-state index in [2.05, 4.69) is 16.0 Å². The van der Waals surface area contributed by atoms with Gasteiger partial charge in [-0.05, 0) is 26.7 Å². The molecule has 18 heavy (non-hydrogen) atoms. The summed E-state index contributed by atoms with van der Waals surface area (Å²) in [5.41, 5.74) is 0. The lowest BCUT2D eigenvalue weighted by atomic mass is 10.1. The Balaban J connectivity index is 2.44. The second kappa shape index (κ2) is 6.49. The largest absolute Gasteiger partial charge is 0.352 e. The van der Waals surface area contributed by atoms with Crippen molar-refractivity contribution in [2.24, 2.45) is 0 Å². The van der Waals surface area contributed by atoms with Gasteiger partial charge in [0.1, 0.15) is 0 Å². The zero-order valence-electron chi connectivity index (χ0n) is 11.1. The Morgan fingerprint density at radius 3 is 2.67 bits per heavy atom. The van der Waals surface area contributed by atoms with E-state index in [4.69, 9.17) is 0 Å². The predicted molar refractivity (Wildman–Crippen MR) is 66.7 cm³/mol. The molecule has 0 aromatic heterocycles. The second-order valence-electron chi connectivity index (χ2n) is 4.71. The molecule has 6 heteroatoms. The molecule has 3 N–H and O–H groups in total. The molecule has 0 bridgehead atoms. The van der Waals surface area contributed by atoms with E-state index in [0.29, 0.717) is 12.8 Å². The third kappa shape index (κ3) is 4.10. The first-order valence-electron chi connectivity index (χ1n) is 6.34. The van der Waals surface area contributed by atoms with Crippen molar-refractivity contribution in [3.63, 3.8) is 0 Å². The lowest BCUT2D eigenvalue weighted by molar-refractivity contribution is -0.135. The van der Waals surface area contributed by atoms with Crippen LogP contribution in [0.15, 0.2) is 0 Å². The van der Waals surface area contributed by atoms with Gasteiger partial charge in [0, 0.05) is 12.5 Å². The fourth-order valence-corrected chi connectivity index (χ4v) is 1.70. The van der Waals surface area contributed by atoms with Gasteiger partial charge >= 0.3 is 0 Å². The summed E-state index contributed by atoms with van der Waals surface area (Å²) in [6.07, 6.45) is 1.60. The van der Waals surface area contributed by atoms with Crippen LogP contribution in [-0.2, 0) is 14.4 Å². The lowest BCUT2D eigenvalue weighted by Crippen LogP contribution is -2.56. The summed E-state index contributed by atoms with van der Waals surface area (Å²) in [7, 11) is 0. The molecule has 1 heterocycles. The van der Waals surface area contributed by atoms with Crippen LogP contribution < -0.4 is 16.0 Å². The summed E-state index contributed by atoms with van der Waals surface area (Å²) in [4.78, 5) is 34.3. The molecule has 3 unspecified atom stereocenters. The normalized spacial score (nSPS) is 23.2. The maximum absolute atomic E-state index is 11.8. The molecule has 0 aromatic carbocycles. The number of carbonyl (C=O) groups excluding carboxylic acids is 3. The highest BCUT2D eigenvalue weighted by Gasteiger charge is 2.29. The highest BCUT2D eigenvalue weighted by Crippen LogP contribution is 2.05. The molecule has 0 aliphatic carbocycles. The summed E-state index contributed by atoms with van der Waals surface area (Å²) in [5.74, 6) is -0.738. The van der Waals surface area contributed by atoms with E-state index < -0.39 is 12.1 Å². The van der Waals surface area contributed by atoms with Crippen LogP contribution in [0.1, 0.15) is 40.0 Å². The zero-order chi connectivity index (χ0) is 13.7. The van der Waals surface area contributed by atoms with Crippen molar-refractivity contribution in [2.75, 3.05) is 0 Å². The SMILES string of the molecule is CCC(C)NC(=O)C(C)NC1CCC(=O)NC1=O. The number of imide groups is 1. The molecular formula is C12H21N3O3. The molecule has 102 valence electrons. The van der Waals surface area contributed by atoms with Crippen LogP contribution >= 0.6 is 0 Å². The van der Waals surface area contributed by atoms with E-state index in [9.17, 15) is 14.4 Å². The van der Waals surface area contributed by atoms with Gasteiger partial charge in [-0.3, -0.25) is 25.0 Å². The van der Waals surface area contributed by atoms with Crippen molar-refractivity contribution in [3.8, 4) is 0 Å². The van der Waals surface area contributed by atoms with Crippen molar-refractivity contribution in [2.45, 2.75) is 58.2 Å². The van der Waals surface area contributed by atoms with E-state index in [0.717, 1.165) is 6.42 Å². The number of piperidine rings is 1. The number of hydrogen-bond acceptors (Lipinski definition) is 4. The average molecular weight is 255 g/mol. The van der Waals surface area contributed by atoms with Gasteiger partial charge in [-0.25, -0.2) is 0 Å². The highest BCUT2D eigenvalue weighted by molar-refractivity contribution is 6.00. The van der Waals surface area contributed by atoms with E-state index in [1.807, 2.05) is 13.8 Å². The minimum Gasteiger partial charge on any atom is -0.352 e. The second-order valence-corrected chi connectivity index (χ2v) is 4.71. The smallest absolute Gasteiger partial charge is 0.243 e. The fourth-order valence-electron chi connectivity index (χ4n) is 1.70. The molecule has 1 aliphatic rings. The Morgan fingerprint density at radius 1 is 1.44 bits per heavy atom. The number of amides is 3. The van der Waals surface area contributed by atoms with Crippen molar-refractivity contribution in [3.05, 3.63) is 0 Å². The third-order valence-electron chi connectivity index (χ3n) is 3.08. The molecule has 1 rings (SSSR count). The standard InChI is InChI=1S/C12H21N3O3/c1-4-7(2)13-11(17)8(3)14-9-5-6-10(16)15-12(9)18/h7-9,14H,4-6H2,1-3H3,(H,13,17)(H,15,16,18). The van der Waals surface area contributed by atoms with Gasteiger partial charge in [-0.1, -0.05) is 6.92 Å². The maximum Gasteiger partial charge on any atom is 0.243 e. The van der Waals surface area contributed by atoms with Crippen molar-refractivity contribution >= 4 is 17.7 Å². The Hall–Kier alpha value is -1.43. The van der Waals surface area contributed by atoms with Crippen molar-refractivity contribution in [1.82, 2.24) is 16.0 Å². The molecule has 3 atom stereocenters. The van der Waals surface area contributed by atoms with Gasteiger partial charge in [-0.15, -0.1) is 0 Å². The van der Waals surface area contributed by atoms with Crippen LogP contribution in [0.3, 0.4) is 0 Å².